The van der Waals surface area contributed by atoms with E-state index in [4.69, 9.17) is 0 Å². The summed E-state index contributed by atoms with van der Waals surface area (Å²) in [6, 6.07) is 23.2. The van der Waals surface area contributed by atoms with E-state index in [9.17, 15) is 0 Å². The molecule has 0 spiro atoms. The fourth-order valence-electron chi connectivity index (χ4n) is 4.67. The number of hydrogen-bond donors (Lipinski definition) is 0. The zero-order valence-electron chi connectivity index (χ0n) is 17.6. The molecule has 0 radical (unpaired) electrons. The second-order valence-corrected chi connectivity index (χ2v) is 10.7. The molecular formula is C28H22S2. The summed E-state index contributed by atoms with van der Waals surface area (Å²) in [6.45, 7) is 8.86. The molecule has 4 aromatic carbocycles. The van der Waals surface area contributed by atoms with Crippen molar-refractivity contribution in [3.63, 3.8) is 0 Å². The van der Waals surface area contributed by atoms with Crippen molar-refractivity contribution in [1.82, 2.24) is 0 Å². The van der Waals surface area contributed by atoms with Gasteiger partial charge >= 0.3 is 0 Å². The molecule has 0 unspecified atom stereocenters. The summed E-state index contributed by atoms with van der Waals surface area (Å²) in [5.41, 5.74) is 8.04. The van der Waals surface area contributed by atoms with E-state index in [2.05, 4.69) is 88.4 Å². The number of rotatable bonds is 1. The Morgan fingerprint density at radius 1 is 0.500 bits per heavy atom. The van der Waals surface area contributed by atoms with Gasteiger partial charge in [0.15, 0.2) is 0 Å². The summed E-state index contributed by atoms with van der Waals surface area (Å²) >= 11 is 3.82. The van der Waals surface area contributed by atoms with Crippen LogP contribution in [0.2, 0.25) is 0 Å². The van der Waals surface area contributed by atoms with E-state index < -0.39 is 0 Å². The second kappa shape index (κ2) is 6.41. The van der Waals surface area contributed by atoms with Crippen molar-refractivity contribution in [2.45, 2.75) is 27.7 Å². The predicted molar refractivity (Wildman–Crippen MR) is 137 cm³/mol. The molecule has 2 heterocycles. The third-order valence-corrected chi connectivity index (χ3v) is 8.65. The summed E-state index contributed by atoms with van der Waals surface area (Å²) in [7, 11) is 0. The van der Waals surface area contributed by atoms with Crippen molar-refractivity contribution in [2.24, 2.45) is 0 Å². The highest BCUT2D eigenvalue weighted by Crippen LogP contribution is 2.42. The summed E-state index contributed by atoms with van der Waals surface area (Å²) in [5.74, 6) is 0. The van der Waals surface area contributed by atoms with Crippen LogP contribution in [0.5, 0.6) is 0 Å². The zero-order chi connectivity index (χ0) is 20.6. The maximum atomic E-state index is 2.41. The Morgan fingerprint density at radius 3 is 1.87 bits per heavy atom. The van der Waals surface area contributed by atoms with Crippen LogP contribution in [0, 0.1) is 27.7 Å². The van der Waals surface area contributed by atoms with E-state index >= 15 is 0 Å². The van der Waals surface area contributed by atoms with Crippen molar-refractivity contribution in [2.75, 3.05) is 0 Å². The molecule has 0 bridgehead atoms. The maximum Gasteiger partial charge on any atom is 0.0385 e. The predicted octanol–water partition coefficient (Wildman–Crippen LogP) is 9.32. The molecular weight excluding hydrogens is 400 g/mol. The maximum absolute atomic E-state index is 2.41. The highest BCUT2D eigenvalue weighted by molar-refractivity contribution is 7.26. The Bertz CT molecular complexity index is 1630. The molecule has 0 N–H and O–H groups in total. The number of thiophene rings is 2. The average molecular weight is 423 g/mol. The van der Waals surface area contributed by atoms with Crippen molar-refractivity contribution >= 4 is 63.0 Å². The van der Waals surface area contributed by atoms with Gasteiger partial charge in [0, 0.05) is 40.3 Å². The first-order valence-corrected chi connectivity index (χ1v) is 12.0. The summed E-state index contributed by atoms with van der Waals surface area (Å²) in [4.78, 5) is 0. The van der Waals surface area contributed by atoms with Crippen molar-refractivity contribution in [3.8, 4) is 11.1 Å². The SMILES string of the molecule is Cc1ccc2sc3cc(-c4cc(C)c5sc6ccc(C)cc6c5c4)c(C)cc3c2c1. The van der Waals surface area contributed by atoms with Crippen LogP contribution in [0.15, 0.2) is 60.7 Å². The lowest BCUT2D eigenvalue weighted by atomic mass is 9.95. The minimum atomic E-state index is 1.32. The fraction of sp³-hybridized carbons (Fsp3) is 0.143. The smallest absolute Gasteiger partial charge is 0.0385 e. The number of fused-ring (bicyclic) bond motifs is 6. The van der Waals surface area contributed by atoms with Crippen LogP contribution in [0.4, 0.5) is 0 Å². The van der Waals surface area contributed by atoms with Gasteiger partial charge in [-0.25, -0.2) is 0 Å². The van der Waals surface area contributed by atoms with Crippen molar-refractivity contribution in [1.29, 1.82) is 0 Å². The molecule has 0 aliphatic rings. The Hall–Kier alpha value is -2.68. The fourth-order valence-corrected chi connectivity index (χ4v) is 6.92. The van der Waals surface area contributed by atoms with Gasteiger partial charge in [0.1, 0.15) is 0 Å². The van der Waals surface area contributed by atoms with E-state index in [1.807, 2.05) is 22.7 Å². The van der Waals surface area contributed by atoms with Crippen molar-refractivity contribution in [3.05, 3.63) is 82.9 Å². The van der Waals surface area contributed by atoms with Gasteiger partial charge in [-0.1, -0.05) is 23.3 Å². The minimum absolute atomic E-state index is 1.32. The molecule has 0 fully saturated rings. The molecule has 0 aliphatic heterocycles. The first-order chi connectivity index (χ1) is 14.5. The Labute approximate surface area is 184 Å². The van der Waals surface area contributed by atoms with Crippen LogP contribution < -0.4 is 0 Å². The van der Waals surface area contributed by atoms with E-state index in [0.717, 1.165) is 0 Å². The lowest BCUT2D eigenvalue weighted by Gasteiger charge is -2.09. The average Bonchev–Trinajstić information content (AvgIpc) is 3.25. The summed E-state index contributed by atoms with van der Waals surface area (Å²) in [6.07, 6.45) is 0. The van der Waals surface area contributed by atoms with E-state index in [-0.39, 0.29) is 0 Å². The quantitative estimate of drug-likeness (QED) is 0.247. The molecule has 6 aromatic rings. The van der Waals surface area contributed by atoms with Gasteiger partial charge < -0.3 is 0 Å². The Kier molecular flexibility index (Phi) is 3.87. The van der Waals surface area contributed by atoms with Crippen LogP contribution >= 0.6 is 22.7 Å². The Balaban J connectivity index is 1.64. The minimum Gasteiger partial charge on any atom is -0.135 e. The highest BCUT2D eigenvalue weighted by atomic mass is 32.1. The normalized spacial score (nSPS) is 12.0. The first kappa shape index (κ1) is 18.1. The van der Waals surface area contributed by atoms with Crippen molar-refractivity contribution < 1.29 is 0 Å². The van der Waals surface area contributed by atoms with Gasteiger partial charge in [-0.05, 0) is 98.5 Å². The molecule has 6 rings (SSSR count). The summed E-state index contributed by atoms with van der Waals surface area (Å²) in [5, 5.41) is 5.54. The first-order valence-electron chi connectivity index (χ1n) is 10.4. The molecule has 2 heteroatoms. The second-order valence-electron chi connectivity index (χ2n) is 8.54. The molecule has 0 saturated heterocycles. The third-order valence-electron chi connectivity index (χ3n) is 6.19. The van der Waals surface area contributed by atoms with E-state index in [1.165, 1.54) is 73.7 Å². The van der Waals surface area contributed by atoms with Crippen LogP contribution in [0.1, 0.15) is 22.3 Å². The van der Waals surface area contributed by atoms with Gasteiger partial charge in [-0.2, -0.15) is 0 Å². The Morgan fingerprint density at radius 2 is 1.13 bits per heavy atom. The molecule has 0 amide bonds. The molecule has 0 nitrogen and oxygen atoms in total. The molecule has 0 saturated carbocycles. The number of hydrogen-bond acceptors (Lipinski definition) is 2. The summed E-state index contributed by atoms with van der Waals surface area (Å²) < 4.78 is 5.54. The van der Waals surface area contributed by atoms with E-state index in [1.54, 1.807) is 0 Å². The van der Waals surface area contributed by atoms with E-state index in [0.29, 0.717) is 0 Å². The lowest BCUT2D eigenvalue weighted by molar-refractivity contribution is 1.48. The van der Waals surface area contributed by atoms with Crippen LogP contribution in [-0.4, -0.2) is 0 Å². The third kappa shape index (κ3) is 2.64. The van der Waals surface area contributed by atoms with Gasteiger partial charge in [0.05, 0.1) is 0 Å². The molecule has 146 valence electrons. The topological polar surface area (TPSA) is 0 Å². The highest BCUT2D eigenvalue weighted by Gasteiger charge is 2.14. The molecule has 0 atom stereocenters. The monoisotopic (exact) mass is 422 g/mol. The largest absolute Gasteiger partial charge is 0.135 e. The molecule has 2 aromatic heterocycles. The van der Waals surface area contributed by atoms with Gasteiger partial charge in [-0.3, -0.25) is 0 Å². The van der Waals surface area contributed by atoms with Crippen LogP contribution in [0.25, 0.3) is 51.5 Å². The van der Waals surface area contributed by atoms with Gasteiger partial charge in [0.2, 0.25) is 0 Å². The van der Waals surface area contributed by atoms with Crippen LogP contribution in [0.3, 0.4) is 0 Å². The van der Waals surface area contributed by atoms with Crippen LogP contribution in [-0.2, 0) is 0 Å². The standard InChI is InChI=1S/C28H22S2/c1-15-5-7-25-21(9-15)23-12-17(3)20(14-27(23)29-25)19-11-18(4)28-24(13-19)22-10-16(2)6-8-26(22)30-28/h5-14H,1-4H3. The number of aryl methyl sites for hydroxylation is 4. The van der Waals surface area contributed by atoms with Gasteiger partial charge in [-0.15, -0.1) is 22.7 Å². The molecule has 30 heavy (non-hydrogen) atoms. The molecule has 0 aliphatic carbocycles. The van der Waals surface area contributed by atoms with Gasteiger partial charge in [0.25, 0.3) is 0 Å². The zero-order valence-corrected chi connectivity index (χ0v) is 19.2. The lowest BCUT2D eigenvalue weighted by Crippen LogP contribution is -1.85. The number of benzene rings is 4.